The van der Waals surface area contributed by atoms with Gasteiger partial charge in [0.05, 0.1) is 11.7 Å². The van der Waals surface area contributed by atoms with Crippen LogP contribution in [-0.4, -0.2) is 25.8 Å². The lowest BCUT2D eigenvalue weighted by Crippen LogP contribution is -2.44. The van der Waals surface area contributed by atoms with Crippen LogP contribution in [0.5, 0.6) is 11.6 Å². The van der Waals surface area contributed by atoms with Gasteiger partial charge in [0, 0.05) is 24.8 Å². The summed E-state index contributed by atoms with van der Waals surface area (Å²) in [5.41, 5.74) is 9.48. The second-order valence-electron chi connectivity index (χ2n) is 11.3. The number of benzene rings is 2. The Kier molecular flexibility index (Phi) is 8.16. The molecule has 1 heterocycles. The van der Waals surface area contributed by atoms with Crippen LogP contribution in [0.4, 0.5) is 0 Å². The lowest BCUT2D eigenvalue weighted by molar-refractivity contribution is 0.1000. The van der Waals surface area contributed by atoms with Gasteiger partial charge in [-0.25, -0.2) is 4.98 Å². The number of aryl methyl sites for hydroxylation is 1. The Morgan fingerprint density at radius 3 is 2.54 bits per heavy atom. The zero-order valence-corrected chi connectivity index (χ0v) is 23.6. The van der Waals surface area contributed by atoms with Gasteiger partial charge in [-0.2, -0.15) is 0 Å². The monoisotopic (exact) mass is 517 g/mol. The lowest BCUT2D eigenvalue weighted by Gasteiger charge is -2.40. The molecule has 0 radical (unpaired) electrons. The van der Waals surface area contributed by atoms with Crippen molar-refractivity contribution in [2.75, 3.05) is 6.54 Å². The van der Waals surface area contributed by atoms with Crippen molar-refractivity contribution in [3.05, 3.63) is 89.1 Å². The van der Waals surface area contributed by atoms with Crippen LogP contribution in [0.25, 0.3) is 0 Å². The van der Waals surface area contributed by atoms with Crippen LogP contribution >= 0.6 is 0 Å². The van der Waals surface area contributed by atoms with E-state index >= 15 is 0 Å². The maximum Gasteiger partial charge on any atom is 0.250 e. The Hall–Kier alpha value is -3.00. The molecule has 0 saturated heterocycles. The largest absolute Gasteiger partial charge is 0.439 e. The van der Waals surface area contributed by atoms with Crippen molar-refractivity contribution in [2.24, 2.45) is 5.73 Å². The molecule has 7 heteroatoms. The molecule has 2 aromatic carbocycles. The number of amides is 1. The van der Waals surface area contributed by atoms with E-state index in [4.69, 9.17) is 14.9 Å². The molecule has 0 spiro atoms. The highest BCUT2D eigenvalue weighted by Crippen LogP contribution is 2.40. The molecule has 37 heavy (non-hydrogen) atoms. The summed E-state index contributed by atoms with van der Waals surface area (Å²) < 4.78 is 12.9. The zero-order chi connectivity index (χ0) is 26.6. The van der Waals surface area contributed by atoms with E-state index in [9.17, 15) is 4.79 Å². The lowest BCUT2D eigenvalue weighted by atomic mass is 9.87. The number of nitrogens with one attached hydrogen (secondary N) is 1. The van der Waals surface area contributed by atoms with Crippen molar-refractivity contribution in [1.29, 1.82) is 0 Å². The van der Waals surface area contributed by atoms with E-state index in [1.54, 1.807) is 12.1 Å². The number of aromatic nitrogens is 1. The average Bonchev–Trinajstić information content (AvgIpc) is 2.86. The Morgan fingerprint density at radius 1 is 1.14 bits per heavy atom. The third-order valence-corrected chi connectivity index (χ3v) is 12.1. The Labute approximate surface area is 221 Å². The minimum atomic E-state index is -1.95. The van der Waals surface area contributed by atoms with E-state index in [0.29, 0.717) is 11.4 Å². The number of hydrogen-bond donors (Lipinski definition) is 2. The summed E-state index contributed by atoms with van der Waals surface area (Å²) in [4.78, 5) is 15.5. The minimum absolute atomic E-state index is 0.00419. The van der Waals surface area contributed by atoms with Gasteiger partial charge in [-0.15, -0.1) is 0 Å². The molecule has 0 aliphatic heterocycles. The smallest absolute Gasteiger partial charge is 0.250 e. The number of ether oxygens (including phenoxy) is 1. The molecule has 2 unspecified atom stereocenters. The van der Waals surface area contributed by atoms with E-state index in [0.717, 1.165) is 31.6 Å². The van der Waals surface area contributed by atoms with E-state index in [-0.39, 0.29) is 17.2 Å². The van der Waals surface area contributed by atoms with E-state index < -0.39 is 14.2 Å². The molecule has 3 aromatic rings. The quantitative estimate of drug-likeness (QED) is 0.308. The fourth-order valence-electron chi connectivity index (χ4n) is 4.45. The molecular formula is C30H39N3O3Si. The second-order valence-corrected chi connectivity index (χ2v) is 16.1. The van der Waals surface area contributed by atoms with E-state index in [1.807, 2.05) is 6.07 Å². The van der Waals surface area contributed by atoms with Crippen LogP contribution in [0.1, 0.15) is 72.8 Å². The fraction of sp³-hybridized carbons (Fsp3) is 0.400. The van der Waals surface area contributed by atoms with Crippen LogP contribution < -0.4 is 15.8 Å². The molecule has 1 aromatic heterocycles. The van der Waals surface area contributed by atoms with Gasteiger partial charge in [0.1, 0.15) is 5.75 Å². The number of nitrogens with two attached hydrogens (primary N) is 1. The third-order valence-electron chi connectivity index (χ3n) is 7.64. The highest BCUT2D eigenvalue weighted by Gasteiger charge is 2.39. The first kappa shape index (κ1) is 27.0. The predicted molar refractivity (Wildman–Crippen MR) is 150 cm³/mol. The fourth-order valence-corrected chi connectivity index (χ4v) is 5.73. The highest BCUT2D eigenvalue weighted by atomic mass is 28.4. The number of carbonyl (C=O) groups excluding carboxylic acids is 1. The molecule has 6 nitrogen and oxygen atoms in total. The Balaban J connectivity index is 1.48. The Bertz CT molecular complexity index is 1210. The normalized spacial score (nSPS) is 16.6. The van der Waals surface area contributed by atoms with Crippen molar-refractivity contribution in [1.82, 2.24) is 10.3 Å². The van der Waals surface area contributed by atoms with Crippen LogP contribution in [0.3, 0.4) is 0 Å². The molecule has 2 atom stereocenters. The van der Waals surface area contributed by atoms with E-state index in [2.05, 4.69) is 86.6 Å². The molecule has 0 saturated carbocycles. The van der Waals surface area contributed by atoms with Gasteiger partial charge in [0.25, 0.3) is 0 Å². The molecule has 1 aliphatic carbocycles. The molecular weight excluding hydrogens is 478 g/mol. The maximum atomic E-state index is 11.3. The Morgan fingerprint density at radius 2 is 1.89 bits per heavy atom. The summed E-state index contributed by atoms with van der Waals surface area (Å²) in [6.07, 6.45) is 4.65. The molecule has 4 rings (SSSR count). The summed E-state index contributed by atoms with van der Waals surface area (Å²) in [7, 11) is -1.95. The number of rotatable bonds is 9. The third kappa shape index (κ3) is 6.66. The van der Waals surface area contributed by atoms with Crippen LogP contribution in [-0.2, 0) is 10.8 Å². The van der Waals surface area contributed by atoms with Crippen molar-refractivity contribution < 1.29 is 14.0 Å². The number of nitrogens with zero attached hydrogens (tertiary/aromatic N) is 1. The van der Waals surface area contributed by atoms with Gasteiger partial charge >= 0.3 is 0 Å². The van der Waals surface area contributed by atoms with Gasteiger partial charge in [0.2, 0.25) is 11.8 Å². The van der Waals surface area contributed by atoms with Crippen LogP contribution in [0.15, 0.2) is 66.9 Å². The molecule has 1 amide bonds. The van der Waals surface area contributed by atoms with Gasteiger partial charge in [-0.05, 0) is 72.3 Å². The van der Waals surface area contributed by atoms with Crippen LogP contribution in [0, 0.1) is 0 Å². The summed E-state index contributed by atoms with van der Waals surface area (Å²) >= 11 is 0. The average molecular weight is 518 g/mol. The summed E-state index contributed by atoms with van der Waals surface area (Å²) in [6, 6.07) is 20.4. The number of pyridine rings is 1. The first-order valence-corrected chi connectivity index (χ1v) is 16.0. The van der Waals surface area contributed by atoms with Gasteiger partial charge in [0.15, 0.2) is 8.32 Å². The minimum Gasteiger partial charge on any atom is -0.439 e. The van der Waals surface area contributed by atoms with Crippen molar-refractivity contribution in [3.8, 4) is 11.6 Å². The molecule has 1 aliphatic rings. The molecule has 0 fully saturated rings. The predicted octanol–water partition coefficient (Wildman–Crippen LogP) is 6.70. The molecule has 3 N–H and O–H groups in total. The number of hydrogen-bond acceptors (Lipinski definition) is 5. The van der Waals surface area contributed by atoms with Crippen molar-refractivity contribution in [3.63, 3.8) is 0 Å². The number of primary amides is 1. The number of fused-ring (bicyclic) bond motifs is 1. The first-order valence-electron chi connectivity index (χ1n) is 13.1. The maximum absolute atomic E-state index is 11.3. The standard InChI is InChI=1S/C30H39N3O3Si/c1-30(2,3)37(4,5)36-27(21-10-7-6-8-11-21)20-32-26-13-9-12-22-18-24(15-16-25(22)26)35-28-17-14-23(19-33-28)29(31)34/h6-8,10-11,14-19,26-27,32H,9,12-13,20H2,1-5H3,(H2,31,34). The van der Waals surface area contributed by atoms with Crippen molar-refractivity contribution >= 4 is 14.2 Å². The zero-order valence-electron chi connectivity index (χ0n) is 22.6. The first-order chi connectivity index (χ1) is 17.5. The SMILES string of the molecule is CC(C)(C)[Si](C)(C)OC(CNC1CCCc2cc(Oc3ccc(C(N)=O)cn3)ccc21)c1ccccc1. The van der Waals surface area contributed by atoms with Gasteiger partial charge in [-0.1, -0.05) is 57.2 Å². The topological polar surface area (TPSA) is 86.5 Å². The summed E-state index contributed by atoms with van der Waals surface area (Å²) in [5.74, 6) is 0.668. The highest BCUT2D eigenvalue weighted by molar-refractivity contribution is 6.74. The molecule has 0 bridgehead atoms. The van der Waals surface area contributed by atoms with Gasteiger partial charge in [-0.3, -0.25) is 4.79 Å². The molecule has 196 valence electrons. The van der Waals surface area contributed by atoms with E-state index in [1.165, 1.54) is 22.9 Å². The summed E-state index contributed by atoms with van der Waals surface area (Å²) in [5, 5.41) is 3.98. The van der Waals surface area contributed by atoms with Crippen molar-refractivity contribution in [2.45, 2.75) is 70.3 Å². The second kappa shape index (κ2) is 11.2. The van der Waals surface area contributed by atoms with Crippen LogP contribution in [0.2, 0.25) is 18.1 Å². The number of carbonyl (C=O) groups is 1. The van der Waals surface area contributed by atoms with Gasteiger partial charge < -0.3 is 20.2 Å². The summed E-state index contributed by atoms with van der Waals surface area (Å²) in [6.45, 7) is 12.2.